The van der Waals surface area contributed by atoms with Crippen LogP contribution >= 0.6 is 0 Å². The summed E-state index contributed by atoms with van der Waals surface area (Å²) in [6, 6.07) is 3.54. The molecule has 0 aliphatic rings. The van der Waals surface area contributed by atoms with Gasteiger partial charge in [-0.15, -0.1) is 0 Å². The fraction of sp³-hybridized carbons (Fsp3) is 0.300. The second kappa shape index (κ2) is 9.88. The zero-order chi connectivity index (χ0) is 31.3. The van der Waals surface area contributed by atoms with Gasteiger partial charge in [-0.2, -0.15) is 61.5 Å². The third-order valence-corrected chi connectivity index (χ3v) is 4.89. The molecule has 0 heterocycles. The van der Waals surface area contributed by atoms with E-state index in [4.69, 9.17) is 0 Å². The number of nitrogens with one attached hydrogen (secondary N) is 2. The fourth-order valence-corrected chi connectivity index (χ4v) is 2.67. The van der Waals surface area contributed by atoms with Crippen molar-refractivity contribution in [2.24, 2.45) is 0 Å². The zero-order valence-corrected chi connectivity index (χ0v) is 18.5. The molecule has 20 heteroatoms. The van der Waals surface area contributed by atoms with Crippen LogP contribution < -0.4 is 10.6 Å². The molecule has 0 aromatic heterocycles. The molecule has 2 aromatic carbocycles. The number of rotatable bonds is 7. The molecule has 0 atom stereocenters. The maximum Gasteiger partial charge on any atom is 0.460 e. The van der Waals surface area contributed by atoms with E-state index in [9.17, 15) is 81.3 Å². The highest BCUT2D eigenvalue weighted by molar-refractivity contribution is 6.00. The molecule has 0 saturated carbocycles. The molecule has 2 amide bonds. The number of phenols is 2. The summed E-state index contributed by atoms with van der Waals surface area (Å²) in [7, 11) is 0. The predicted molar refractivity (Wildman–Crippen MR) is 104 cm³/mol. The standard InChI is InChI=1S/C20H10F14N2O4/c21-15(22,17(25,26)19(29,30)31)13(39)35-9-5-7(1-3-11(9)37)8-2-4-12(38)10(6-8)36-14(40)16(23,24)18(27,28)20(32,33)34/h1-6,37-38H,(H,35,39)(H,36,40). The Morgan fingerprint density at radius 1 is 0.525 bits per heavy atom. The van der Waals surface area contributed by atoms with E-state index in [1.54, 1.807) is 0 Å². The number of halogens is 14. The lowest BCUT2D eigenvalue weighted by Gasteiger charge is -2.27. The molecule has 40 heavy (non-hydrogen) atoms. The van der Waals surface area contributed by atoms with E-state index in [-0.39, 0.29) is 0 Å². The van der Waals surface area contributed by atoms with Crippen LogP contribution in [-0.4, -0.2) is 58.1 Å². The van der Waals surface area contributed by atoms with Gasteiger partial charge in [0.25, 0.3) is 0 Å². The first-order valence-corrected chi connectivity index (χ1v) is 9.73. The van der Waals surface area contributed by atoms with E-state index in [0.717, 1.165) is 22.8 Å². The lowest BCUT2D eigenvalue weighted by Crippen LogP contribution is -2.57. The summed E-state index contributed by atoms with van der Waals surface area (Å²) in [6.45, 7) is 0. The smallest absolute Gasteiger partial charge is 0.460 e. The summed E-state index contributed by atoms with van der Waals surface area (Å²) < 4.78 is 181. The lowest BCUT2D eigenvalue weighted by molar-refractivity contribution is -0.343. The summed E-state index contributed by atoms with van der Waals surface area (Å²) >= 11 is 0. The number of phenolic OH excluding ortho intramolecular Hbond substituents is 2. The number of amides is 2. The van der Waals surface area contributed by atoms with E-state index in [0.29, 0.717) is 24.3 Å². The summed E-state index contributed by atoms with van der Waals surface area (Å²) in [6.07, 6.45) is -13.8. The maximum absolute atomic E-state index is 13.6. The Morgan fingerprint density at radius 3 is 1.05 bits per heavy atom. The van der Waals surface area contributed by atoms with Gasteiger partial charge in [0.2, 0.25) is 0 Å². The largest absolute Gasteiger partial charge is 0.506 e. The quantitative estimate of drug-likeness (QED) is 0.219. The Morgan fingerprint density at radius 2 is 0.800 bits per heavy atom. The van der Waals surface area contributed by atoms with Crippen LogP contribution in [0.1, 0.15) is 0 Å². The molecule has 0 saturated heterocycles. The van der Waals surface area contributed by atoms with Gasteiger partial charge >= 0.3 is 47.9 Å². The van der Waals surface area contributed by atoms with E-state index >= 15 is 0 Å². The molecular formula is C20H10F14N2O4. The predicted octanol–water partition coefficient (Wildman–Crippen LogP) is 6.31. The molecule has 2 rings (SSSR count). The monoisotopic (exact) mass is 608 g/mol. The van der Waals surface area contributed by atoms with Crippen LogP contribution in [-0.2, 0) is 9.59 Å². The van der Waals surface area contributed by atoms with Crippen LogP contribution in [0.2, 0.25) is 0 Å². The van der Waals surface area contributed by atoms with E-state index < -0.39 is 81.9 Å². The molecule has 0 unspecified atom stereocenters. The van der Waals surface area contributed by atoms with Crippen LogP contribution in [0.25, 0.3) is 11.1 Å². The van der Waals surface area contributed by atoms with Gasteiger partial charge in [0.1, 0.15) is 11.5 Å². The van der Waals surface area contributed by atoms with Crippen LogP contribution in [0.4, 0.5) is 72.8 Å². The van der Waals surface area contributed by atoms with Crippen molar-refractivity contribution in [2.75, 3.05) is 10.6 Å². The Balaban J connectivity index is 2.43. The summed E-state index contributed by atoms with van der Waals surface area (Å²) in [4.78, 5) is 23.1. The van der Waals surface area contributed by atoms with Gasteiger partial charge in [-0.3, -0.25) is 9.59 Å². The van der Waals surface area contributed by atoms with E-state index in [2.05, 4.69) is 0 Å². The highest BCUT2D eigenvalue weighted by Gasteiger charge is 2.77. The van der Waals surface area contributed by atoms with Gasteiger partial charge in [-0.25, -0.2) is 0 Å². The van der Waals surface area contributed by atoms with Crippen molar-refractivity contribution in [3.05, 3.63) is 36.4 Å². The normalized spacial score (nSPS) is 13.7. The Bertz CT molecular complexity index is 1210. The van der Waals surface area contributed by atoms with E-state index in [1.165, 1.54) is 0 Å². The minimum atomic E-state index is -6.88. The minimum Gasteiger partial charge on any atom is -0.506 e. The van der Waals surface area contributed by atoms with Crippen molar-refractivity contribution in [1.82, 2.24) is 0 Å². The molecule has 6 nitrogen and oxygen atoms in total. The average Bonchev–Trinajstić information content (AvgIpc) is 2.80. The number of hydrogen-bond donors (Lipinski definition) is 4. The third kappa shape index (κ3) is 5.51. The van der Waals surface area contributed by atoms with Crippen LogP contribution in [0.3, 0.4) is 0 Å². The molecule has 0 fully saturated rings. The van der Waals surface area contributed by atoms with Gasteiger partial charge in [0.15, 0.2) is 0 Å². The molecule has 0 radical (unpaired) electrons. The Labute approximate surface area is 211 Å². The zero-order valence-electron chi connectivity index (χ0n) is 18.5. The number of carbonyl (C=O) groups is 2. The molecule has 0 aliphatic carbocycles. The maximum atomic E-state index is 13.6. The van der Waals surface area contributed by atoms with Crippen molar-refractivity contribution < 1.29 is 81.3 Å². The van der Waals surface area contributed by atoms with Gasteiger partial charge in [0.05, 0.1) is 11.4 Å². The fourth-order valence-electron chi connectivity index (χ4n) is 2.67. The minimum absolute atomic E-state index is 0.430. The number of aromatic hydroxyl groups is 2. The second-order valence-corrected chi connectivity index (χ2v) is 7.67. The molecular weight excluding hydrogens is 598 g/mol. The van der Waals surface area contributed by atoms with Crippen molar-refractivity contribution >= 4 is 23.2 Å². The van der Waals surface area contributed by atoms with Gasteiger partial charge in [0, 0.05) is 0 Å². The number of hydrogen-bond acceptors (Lipinski definition) is 4. The number of alkyl halides is 14. The summed E-state index contributed by atoms with van der Waals surface area (Å²) in [5.74, 6) is -35.4. The lowest BCUT2D eigenvalue weighted by atomic mass is 10.0. The second-order valence-electron chi connectivity index (χ2n) is 7.67. The molecule has 222 valence electrons. The first-order chi connectivity index (χ1) is 17.8. The van der Waals surface area contributed by atoms with Crippen LogP contribution in [0.5, 0.6) is 11.5 Å². The Hall–Kier alpha value is -4.00. The molecule has 4 N–H and O–H groups in total. The molecule has 2 aromatic rings. The third-order valence-electron chi connectivity index (χ3n) is 4.89. The highest BCUT2D eigenvalue weighted by atomic mass is 19.4. The van der Waals surface area contributed by atoms with Crippen molar-refractivity contribution in [2.45, 2.75) is 36.0 Å². The average molecular weight is 608 g/mol. The van der Waals surface area contributed by atoms with Crippen molar-refractivity contribution in [3.8, 4) is 22.6 Å². The van der Waals surface area contributed by atoms with Gasteiger partial charge in [-0.05, 0) is 35.4 Å². The van der Waals surface area contributed by atoms with Crippen molar-refractivity contribution in [1.29, 1.82) is 0 Å². The van der Waals surface area contributed by atoms with Crippen LogP contribution in [0.15, 0.2) is 36.4 Å². The Kier molecular flexibility index (Phi) is 7.96. The van der Waals surface area contributed by atoms with Gasteiger partial charge in [-0.1, -0.05) is 12.1 Å². The summed E-state index contributed by atoms with van der Waals surface area (Å²) in [5.41, 5.74) is -3.37. The first-order valence-electron chi connectivity index (χ1n) is 9.73. The molecule has 0 bridgehead atoms. The topological polar surface area (TPSA) is 98.7 Å². The number of benzene rings is 2. The SMILES string of the molecule is O=C(Nc1cc(-c2ccc(O)c(NC(=O)C(F)(F)C(F)(F)C(F)(F)F)c2)ccc1O)C(F)(F)C(F)(F)C(F)(F)F. The molecule has 0 spiro atoms. The van der Waals surface area contributed by atoms with Crippen molar-refractivity contribution in [3.63, 3.8) is 0 Å². The summed E-state index contributed by atoms with van der Waals surface area (Å²) in [5, 5.41) is 21.2. The van der Waals surface area contributed by atoms with E-state index in [1.807, 2.05) is 0 Å². The number of anilines is 2. The highest BCUT2D eigenvalue weighted by Crippen LogP contribution is 2.48. The first kappa shape index (κ1) is 32.2. The van der Waals surface area contributed by atoms with Crippen LogP contribution in [0, 0.1) is 0 Å². The van der Waals surface area contributed by atoms with Gasteiger partial charge < -0.3 is 20.8 Å². The molecule has 0 aliphatic heterocycles. The number of carbonyl (C=O) groups excluding carboxylic acids is 2.